The zero-order valence-electron chi connectivity index (χ0n) is 13.6. The van der Waals surface area contributed by atoms with E-state index in [-0.39, 0.29) is 6.03 Å². The summed E-state index contributed by atoms with van der Waals surface area (Å²) in [5.74, 6) is 1.32. The number of hydrogen-bond donors (Lipinski definition) is 0. The van der Waals surface area contributed by atoms with Gasteiger partial charge in [-0.3, -0.25) is 0 Å². The Labute approximate surface area is 135 Å². The van der Waals surface area contributed by atoms with Crippen molar-refractivity contribution in [2.75, 3.05) is 25.2 Å². The van der Waals surface area contributed by atoms with Gasteiger partial charge in [0.1, 0.15) is 11.6 Å². The SMILES string of the molecule is COCCN1Cc2cnc(C)nc2N(c2cccc(C)c2)C1=O. The fraction of sp³-hybridized carbons (Fsp3) is 0.353. The molecule has 0 radical (unpaired) electrons. The van der Waals surface area contributed by atoms with E-state index < -0.39 is 0 Å². The topological polar surface area (TPSA) is 58.6 Å². The van der Waals surface area contributed by atoms with Crippen molar-refractivity contribution < 1.29 is 9.53 Å². The van der Waals surface area contributed by atoms with Gasteiger partial charge in [-0.15, -0.1) is 0 Å². The van der Waals surface area contributed by atoms with E-state index in [1.165, 1.54) is 0 Å². The van der Waals surface area contributed by atoms with Crippen LogP contribution in [0, 0.1) is 13.8 Å². The largest absolute Gasteiger partial charge is 0.383 e. The minimum atomic E-state index is -0.0850. The zero-order valence-corrected chi connectivity index (χ0v) is 13.6. The van der Waals surface area contributed by atoms with Crippen LogP contribution in [-0.4, -0.2) is 41.2 Å². The Bertz CT molecular complexity index is 732. The number of rotatable bonds is 4. The molecule has 6 nitrogen and oxygen atoms in total. The number of anilines is 2. The normalized spacial score (nSPS) is 14.1. The van der Waals surface area contributed by atoms with Crippen molar-refractivity contribution in [1.29, 1.82) is 0 Å². The van der Waals surface area contributed by atoms with Crippen molar-refractivity contribution in [3.05, 3.63) is 47.4 Å². The molecule has 6 heteroatoms. The lowest BCUT2D eigenvalue weighted by molar-refractivity contribution is 0.148. The fourth-order valence-corrected chi connectivity index (χ4v) is 2.67. The first-order valence-corrected chi connectivity index (χ1v) is 7.57. The fourth-order valence-electron chi connectivity index (χ4n) is 2.67. The molecular formula is C17H20N4O2. The van der Waals surface area contributed by atoms with Crippen LogP contribution in [0.1, 0.15) is 17.0 Å². The van der Waals surface area contributed by atoms with E-state index in [1.54, 1.807) is 23.1 Å². The molecule has 0 aliphatic carbocycles. The maximum absolute atomic E-state index is 13.0. The Hall–Kier alpha value is -2.47. The number of carbonyl (C=O) groups is 1. The van der Waals surface area contributed by atoms with Crippen LogP contribution in [0.25, 0.3) is 0 Å². The highest BCUT2D eigenvalue weighted by molar-refractivity contribution is 6.00. The molecule has 120 valence electrons. The van der Waals surface area contributed by atoms with Crippen molar-refractivity contribution in [3.63, 3.8) is 0 Å². The average molecular weight is 312 g/mol. The van der Waals surface area contributed by atoms with E-state index >= 15 is 0 Å². The number of amides is 2. The second-order valence-corrected chi connectivity index (χ2v) is 5.64. The van der Waals surface area contributed by atoms with Crippen molar-refractivity contribution >= 4 is 17.5 Å². The highest BCUT2D eigenvalue weighted by atomic mass is 16.5. The van der Waals surface area contributed by atoms with Gasteiger partial charge in [-0.2, -0.15) is 0 Å². The number of benzene rings is 1. The van der Waals surface area contributed by atoms with E-state index in [0.717, 1.165) is 16.8 Å². The zero-order chi connectivity index (χ0) is 16.4. The second kappa shape index (κ2) is 6.34. The maximum Gasteiger partial charge on any atom is 0.330 e. The van der Waals surface area contributed by atoms with E-state index in [9.17, 15) is 4.79 Å². The van der Waals surface area contributed by atoms with Gasteiger partial charge in [-0.25, -0.2) is 19.7 Å². The number of urea groups is 1. The quantitative estimate of drug-likeness (QED) is 0.871. The van der Waals surface area contributed by atoms with Gasteiger partial charge in [0.05, 0.1) is 18.8 Å². The van der Waals surface area contributed by atoms with Crippen molar-refractivity contribution in [2.24, 2.45) is 0 Å². The van der Waals surface area contributed by atoms with Crippen LogP contribution in [0.15, 0.2) is 30.5 Å². The molecule has 0 atom stereocenters. The van der Waals surface area contributed by atoms with Crippen molar-refractivity contribution in [3.8, 4) is 0 Å². The predicted molar refractivity (Wildman–Crippen MR) is 87.8 cm³/mol. The third kappa shape index (κ3) is 3.03. The summed E-state index contributed by atoms with van der Waals surface area (Å²) in [5, 5.41) is 0. The monoisotopic (exact) mass is 312 g/mol. The highest BCUT2D eigenvalue weighted by Gasteiger charge is 2.32. The van der Waals surface area contributed by atoms with Crippen molar-refractivity contribution in [2.45, 2.75) is 20.4 Å². The molecule has 2 heterocycles. The lowest BCUT2D eigenvalue weighted by atomic mass is 10.1. The van der Waals surface area contributed by atoms with Gasteiger partial charge in [-0.1, -0.05) is 12.1 Å². The lowest BCUT2D eigenvalue weighted by Gasteiger charge is -2.36. The van der Waals surface area contributed by atoms with Gasteiger partial charge >= 0.3 is 6.03 Å². The summed E-state index contributed by atoms with van der Waals surface area (Å²) in [4.78, 5) is 25.1. The number of hydrogen-bond acceptors (Lipinski definition) is 4. The molecule has 23 heavy (non-hydrogen) atoms. The molecule has 0 N–H and O–H groups in total. The molecule has 2 aromatic rings. The molecule has 0 saturated carbocycles. The summed E-state index contributed by atoms with van der Waals surface area (Å²) in [6.07, 6.45) is 1.80. The summed E-state index contributed by atoms with van der Waals surface area (Å²) < 4.78 is 5.12. The number of aryl methyl sites for hydroxylation is 2. The highest BCUT2D eigenvalue weighted by Crippen LogP contribution is 2.33. The van der Waals surface area contributed by atoms with E-state index in [2.05, 4.69) is 9.97 Å². The molecule has 0 fully saturated rings. The predicted octanol–water partition coefficient (Wildman–Crippen LogP) is 2.81. The minimum absolute atomic E-state index is 0.0850. The van der Waals surface area contributed by atoms with Gasteiger partial charge in [0.25, 0.3) is 0 Å². The van der Waals surface area contributed by atoms with Gasteiger partial charge in [0, 0.05) is 25.4 Å². The number of fused-ring (bicyclic) bond motifs is 1. The molecule has 0 spiro atoms. The first-order valence-electron chi connectivity index (χ1n) is 7.57. The van der Waals surface area contributed by atoms with Crippen LogP contribution in [0.3, 0.4) is 0 Å². The van der Waals surface area contributed by atoms with E-state index in [4.69, 9.17) is 4.74 Å². The Kier molecular flexibility index (Phi) is 4.25. The van der Waals surface area contributed by atoms with Crippen molar-refractivity contribution in [1.82, 2.24) is 14.9 Å². The molecule has 0 bridgehead atoms. The summed E-state index contributed by atoms with van der Waals surface area (Å²) >= 11 is 0. The third-order valence-corrected chi connectivity index (χ3v) is 3.82. The number of carbonyl (C=O) groups excluding carboxylic acids is 1. The molecule has 1 aromatic carbocycles. The first-order chi connectivity index (χ1) is 11.1. The minimum Gasteiger partial charge on any atom is -0.383 e. The smallest absolute Gasteiger partial charge is 0.330 e. The van der Waals surface area contributed by atoms with E-state index in [1.807, 2.05) is 38.1 Å². The average Bonchev–Trinajstić information content (AvgIpc) is 2.53. The summed E-state index contributed by atoms with van der Waals surface area (Å²) in [6.45, 7) is 5.36. The van der Waals surface area contributed by atoms with Crippen LogP contribution in [0.5, 0.6) is 0 Å². The first kappa shape index (κ1) is 15.4. The number of nitrogens with zero attached hydrogens (tertiary/aromatic N) is 4. The van der Waals surface area contributed by atoms with Gasteiger partial charge < -0.3 is 9.64 Å². The maximum atomic E-state index is 13.0. The number of methoxy groups -OCH3 is 1. The molecule has 0 saturated heterocycles. The van der Waals surface area contributed by atoms with E-state index in [0.29, 0.717) is 31.3 Å². The molecule has 0 unspecified atom stereocenters. The standard InChI is InChI=1S/C17H20N4O2/c1-12-5-4-6-15(9-12)21-16-14(10-18-13(2)19-16)11-20(17(21)22)7-8-23-3/h4-6,9-10H,7-8,11H2,1-3H3. The molecule has 1 aromatic heterocycles. The summed E-state index contributed by atoms with van der Waals surface area (Å²) in [5.41, 5.74) is 2.85. The Morgan fingerprint density at radius 1 is 1.30 bits per heavy atom. The number of aromatic nitrogens is 2. The second-order valence-electron chi connectivity index (χ2n) is 5.64. The van der Waals surface area contributed by atoms with Crippen LogP contribution in [0.2, 0.25) is 0 Å². The Morgan fingerprint density at radius 2 is 2.13 bits per heavy atom. The molecule has 1 aliphatic heterocycles. The van der Waals surface area contributed by atoms with Crippen LogP contribution in [-0.2, 0) is 11.3 Å². The molecule has 3 rings (SSSR count). The van der Waals surface area contributed by atoms with Gasteiger partial charge in [0.15, 0.2) is 0 Å². The Morgan fingerprint density at radius 3 is 2.87 bits per heavy atom. The van der Waals surface area contributed by atoms with Gasteiger partial charge in [0.2, 0.25) is 0 Å². The molecule has 1 aliphatic rings. The third-order valence-electron chi connectivity index (χ3n) is 3.82. The number of ether oxygens (including phenoxy) is 1. The lowest BCUT2D eigenvalue weighted by Crippen LogP contribution is -2.46. The van der Waals surface area contributed by atoms with Crippen LogP contribution >= 0.6 is 0 Å². The summed E-state index contributed by atoms with van der Waals surface area (Å²) in [7, 11) is 1.63. The van der Waals surface area contributed by atoms with Crippen LogP contribution in [0.4, 0.5) is 16.3 Å². The van der Waals surface area contributed by atoms with Crippen LogP contribution < -0.4 is 4.90 Å². The Balaban J connectivity index is 2.07. The molecule has 2 amide bonds. The van der Waals surface area contributed by atoms with Gasteiger partial charge in [-0.05, 0) is 31.5 Å². The molecular weight excluding hydrogens is 292 g/mol. The summed E-state index contributed by atoms with van der Waals surface area (Å²) in [6, 6.07) is 7.77.